The standard InChI is InChI=1S/C8H9F6I3/c1-4(2,15)6(5(3,16)17,7(9,10)11)8(12,13)14/h1-3H3. The van der Waals surface area contributed by atoms with Gasteiger partial charge >= 0.3 is 12.4 Å². The quantitative estimate of drug-likeness (QED) is 0.211. The second kappa shape index (κ2) is 4.95. The molecule has 0 fully saturated rings. The highest BCUT2D eigenvalue weighted by Gasteiger charge is 2.82. The van der Waals surface area contributed by atoms with Crippen molar-refractivity contribution in [2.45, 2.75) is 38.0 Å². The van der Waals surface area contributed by atoms with Crippen LogP contribution in [0.15, 0.2) is 0 Å². The van der Waals surface area contributed by atoms with Crippen LogP contribution in [0.4, 0.5) is 26.3 Å². The lowest BCUT2D eigenvalue weighted by Gasteiger charge is -2.51. The van der Waals surface area contributed by atoms with Gasteiger partial charge in [0.05, 0.1) is 1.43 Å². The molecule has 0 aromatic heterocycles. The van der Waals surface area contributed by atoms with Crippen LogP contribution in [0.25, 0.3) is 0 Å². The molecule has 0 atom stereocenters. The second-order valence-corrected chi connectivity index (χ2v) is 13.2. The van der Waals surface area contributed by atoms with Crippen LogP contribution in [0.2, 0.25) is 0 Å². The third-order valence-corrected chi connectivity index (χ3v) is 4.83. The first-order valence-electron chi connectivity index (χ1n) is 4.20. The molecule has 0 N–H and O–H groups in total. The smallest absolute Gasteiger partial charge is 0.170 e. The van der Waals surface area contributed by atoms with E-state index >= 15 is 0 Å². The highest BCUT2D eigenvalue weighted by atomic mass is 127. The lowest BCUT2D eigenvalue weighted by atomic mass is 9.73. The van der Waals surface area contributed by atoms with Crippen molar-refractivity contribution in [1.29, 1.82) is 0 Å². The Hall–Kier alpha value is 1.77. The van der Waals surface area contributed by atoms with Crippen LogP contribution in [0.3, 0.4) is 0 Å². The summed E-state index contributed by atoms with van der Waals surface area (Å²) in [5, 5.41) is 0. The molecular formula is C8H9F6I3. The predicted molar refractivity (Wildman–Crippen MR) is 79.1 cm³/mol. The maximum atomic E-state index is 13.1. The van der Waals surface area contributed by atoms with Gasteiger partial charge < -0.3 is 0 Å². The molecule has 0 aliphatic heterocycles. The van der Waals surface area contributed by atoms with Crippen molar-refractivity contribution in [2.24, 2.45) is 5.41 Å². The molecule has 0 aliphatic carbocycles. The Kier molecular flexibility index (Phi) is 5.47. The van der Waals surface area contributed by atoms with Gasteiger partial charge in [0.1, 0.15) is 0 Å². The van der Waals surface area contributed by atoms with Gasteiger partial charge in [-0.25, -0.2) is 0 Å². The molecule has 0 aliphatic rings. The Labute approximate surface area is 136 Å². The van der Waals surface area contributed by atoms with Gasteiger partial charge in [0.25, 0.3) is 0 Å². The van der Waals surface area contributed by atoms with Crippen molar-refractivity contribution >= 4 is 67.8 Å². The van der Waals surface area contributed by atoms with Crippen LogP contribution in [-0.2, 0) is 0 Å². The summed E-state index contributed by atoms with van der Waals surface area (Å²) >= 11 is 3.64. The summed E-state index contributed by atoms with van der Waals surface area (Å²) in [5.41, 5.74) is -3.79. The van der Waals surface area contributed by atoms with Crippen molar-refractivity contribution in [1.82, 2.24) is 0 Å². The molecule has 0 rings (SSSR count). The van der Waals surface area contributed by atoms with E-state index in [9.17, 15) is 26.3 Å². The Bertz CT molecular complexity index is 218. The second-order valence-electron chi connectivity index (χ2n) is 4.11. The molecule has 0 nitrogen and oxygen atoms in total. The maximum Gasteiger partial charge on any atom is 0.406 e. The van der Waals surface area contributed by atoms with E-state index in [0.29, 0.717) is 0 Å². The lowest BCUT2D eigenvalue weighted by molar-refractivity contribution is -0.346. The summed E-state index contributed by atoms with van der Waals surface area (Å²) in [5.74, 6) is 0. The summed E-state index contributed by atoms with van der Waals surface area (Å²) in [6.45, 7) is 2.84. The van der Waals surface area contributed by atoms with Gasteiger partial charge in [0.2, 0.25) is 0 Å². The van der Waals surface area contributed by atoms with Crippen molar-refractivity contribution in [3.05, 3.63) is 0 Å². The molecule has 9 heteroatoms. The summed E-state index contributed by atoms with van der Waals surface area (Å²) < 4.78 is 74.7. The molecule has 0 radical (unpaired) electrons. The molecule has 0 aromatic carbocycles. The van der Waals surface area contributed by atoms with Gasteiger partial charge in [-0.1, -0.05) is 67.8 Å². The van der Waals surface area contributed by atoms with Gasteiger partial charge in [-0.2, -0.15) is 26.3 Å². The van der Waals surface area contributed by atoms with Gasteiger partial charge in [-0.15, -0.1) is 0 Å². The van der Waals surface area contributed by atoms with Crippen molar-refractivity contribution < 1.29 is 26.3 Å². The Morgan fingerprint density at radius 1 is 0.647 bits per heavy atom. The van der Waals surface area contributed by atoms with E-state index in [4.69, 9.17) is 0 Å². The normalized spacial score (nSPS) is 16.2. The zero-order valence-corrected chi connectivity index (χ0v) is 15.4. The highest BCUT2D eigenvalue weighted by molar-refractivity contribution is 14.2. The first-order valence-corrected chi connectivity index (χ1v) is 7.44. The van der Waals surface area contributed by atoms with E-state index < -0.39 is 22.6 Å². The molecule has 17 heavy (non-hydrogen) atoms. The van der Waals surface area contributed by atoms with Crippen LogP contribution < -0.4 is 0 Å². The number of alkyl halides is 9. The molecule has 0 saturated heterocycles. The molecule has 0 bridgehead atoms. The first-order chi connectivity index (χ1) is 7.00. The number of halogens is 9. The fourth-order valence-corrected chi connectivity index (χ4v) is 6.61. The van der Waals surface area contributed by atoms with Crippen molar-refractivity contribution in [3.8, 4) is 0 Å². The summed E-state index contributed by atoms with van der Waals surface area (Å²) in [6.07, 6.45) is -10.8. The van der Waals surface area contributed by atoms with Gasteiger partial charge in [-0.05, 0) is 20.8 Å². The van der Waals surface area contributed by atoms with Crippen LogP contribution in [0.1, 0.15) is 20.8 Å². The maximum absolute atomic E-state index is 13.1. The minimum Gasteiger partial charge on any atom is -0.170 e. The average molecular weight is 600 g/mol. The van der Waals surface area contributed by atoms with E-state index in [1.807, 2.05) is 0 Å². The predicted octanol–water partition coefficient (Wildman–Crippen LogP) is 5.90. The molecule has 104 valence electrons. The molecule has 0 aromatic rings. The van der Waals surface area contributed by atoms with Gasteiger partial charge in [0.15, 0.2) is 5.41 Å². The lowest BCUT2D eigenvalue weighted by Crippen LogP contribution is -2.67. The third kappa shape index (κ3) is 3.10. The largest absolute Gasteiger partial charge is 0.406 e. The van der Waals surface area contributed by atoms with Crippen LogP contribution in [-0.4, -0.2) is 17.2 Å². The van der Waals surface area contributed by atoms with E-state index in [0.717, 1.165) is 20.8 Å². The zero-order valence-electron chi connectivity index (χ0n) is 8.90. The number of hydrogen-bond donors (Lipinski definition) is 0. The Morgan fingerprint density at radius 3 is 0.882 bits per heavy atom. The van der Waals surface area contributed by atoms with E-state index in [1.54, 1.807) is 0 Å². The topological polar surface area (TPSA) is 0 Å². The fourth-order valence-electron chi connectivity index (χ4n) is 1.85. The average Bonchev–Trinajstić information content (AvgIpc) is 1.67. The minimum absolute atomic E-state index is 0.940. The summed E-state index contributed by atoms with van der Waals surface area (Å²) in [4.78, 5) is 0. The first kappa shape index (κ1) is 18.8. The van der Waals surface area contributed by atoms with Crippen molar-refractivity contribution in [2.75, 3.05) is 0 Å². The molecule has 0 spiro atoms. The van der Waals surface area contributed by atoms with Crippen LogP contribution in [0.5, 0.6) is 0 Å². The Morgan fingerprint density at radius 2 is 0.882 bits per heavy atom. The Balaban J connectivity index is 6.37. The third-order valence-electron chi connectivity index (χ3n) is 2.40. The van der Waals surface area contributed by atoms with E-state index in [-0.39, 0.29) is 0 Å². The van der Waals surface area contributed by atoms with Gasteiger partial charge in [-0.3, -0.25) is 0 Å². The van der Waals surface area contributed by atoms with Gasteiger partial charge in [0, 0.05) is 3.42 Å². The van der Waals surface area contributed by atoms with E-state index in [2.05, 4.69) is 0 Å². The summed E-state index contributed by atoms with van der Waals surface area (Å²) in [7, 11) is 0. The molecular weight excluding hydrogens is 591 g/mol. The molecule has 0 amide bonds. The summed E-state index contributed by atoms with van der Waals surface area (Å²) in [6, 6.07) is 0. The minimum atomic E-state index is -5.38. The van der Waals surface area contributed by atoms with Crippen LogP contribution in [0, 0.1) is 5.41 Å². The molecule has 0 unspecified atom stereocenters. The fraction of sp³-hybridized carbons (Fsp3) is 1.00. The zero-order chi connectivity index (χ0) is 14.5. The number of hydrogen-bond acceptors (Lipinski definition) is 0. The monoisotopic (exact) mass is 600 g/mol. The SMILES string of the molecule is CC(C)(I)C(C(F)(F)F)(C(F)(F)F)C(C)(I)I. The molecule has 0 saturated carbocycles. The molecule has 0 heterocycles. The van der Waals surface area contributed by atoms with E-state index in [1.165, 1.54) is 67.8 Å². The highest BCUT2D eigenvalue weighted by Crippen LogP contribution is 2.69. The number of rotatable bonds is 2. The van der Waals surface area contributed by atoms with Crippen molar-refractivity contribution in [3.63, 3.8) is 0 Å². The van der Waals surface area contributed by atoms with Crippen LogP contribution >= 0.6 is 67.8 Å².